The molecule has 0 atom stereocenters. The van der Waals surface area contributed by atoms with E-state index in [1.807, 2.05) is 72.8 Å². The van der Waals surface area contributed by atoms with Gasteiger partial charge in [-0.3, -0.25) is 0 Å². The van der Waals surface area contributed by atoms with E-state index in [0.717, 1.165) is 116 Å². The van der Waals surface area contributed by atoms with Gasteiger partial charge < -0.3 is 18.0 Å². The molecule has 0 spiro atoms. The lowest BCUT2D eigenvalue weighted by atomic mass is 9.96. The maximum atomic E-state index is 7.53. The number of furan rings is 2. The largest absolute Gasteiger partial charge is 0.456 e. The SMILES string of the molecule is c1ccc(-c2nc(-c3ccccc3)nc(-c3ccc(-c4ccc5oc6ccccc6c5c4)c4oc5c(-n6c7ccccc7c7ccc8c9ccccc9n(-c9ccccc9)c8c76)cccc5c34)n2)cc1. The van der Waals surface area contributed by atoms with Crippen LogP contribution in [-0.2, 0) is 0 Å². The van der Waals surface area contributed by atoms with Crippen molar-refractivity contribution in [3.05, 3.63) is 224 Å². The summed E-state index contributed by atoms with van der Waals surface area (Å²) >= 11 is 0. The number of aromatic nitrogens is 5. The van der Waals surface area contributed by atoms with Crippen LogP contribution in [0.4, 0.5) is 0 Å². The highest BCUT2D eigenvalue weighted by Crippen LogP contribution is 2.47. The summed E-state index contributed by atoms with van der Waals surface area (Å²) in [5.74, 6) is 1.74. The third kappa shape index (κ3) is 5.66. The predicted octanol–water partition coefficient (Wildman–Crippen LogP) is 16.5. The Labute approximate surface area is 399 Å². The van der Waals surface area contributed by atoms with Crippen molar-refractivity contribution in [1.29, 1.82) is 0 Å². The second-order valence-corrected chi connectivity index (χ2v) is 17.9. The second kappa shape index (κ2) is 15.0. The molecule has 0 N–H and O–H groups in total. The topological polar surface area (TPSA) is 74.8 Å². The van der Waals surface area contributed by atoms with Crippen molar-refractivity contribution >= 4 is 87.5 Å². The Bertz CT molecular complexity index is 4530. The van der Waals surface area contributed by atoms with Crippen molar-refractivity contribution in [2.24, 2.45) is 0 Å². The normalized spacial score (nSPS) is 12.0. The van der Waals surface area contributed by atoms with Crippen molar-refractivity contribution in [3.63, 3.8) is 0 Å². The second-order valence-electron chi connectivity index (χ2n) is 17.9. The van der Waals surface area contributed by atoms with Gasteiger partial charge in [-0.25, -0.2) is 15.0 Å². The first-order valence-corrected chi connectivity index (χ1v) is 23.5. The Hall–Kier alpha value is -9.59. The smallest absolute Gasteiger partial charge is 0.164 e. The molecule has 15 aromatic rings. The van der Waals surface area contributed by atoms with E-state index in [0.29, 0.717) is 17.5 Å². The molecule has 0 bridgehead atoms. The van der Waals surface area contributed by atoms with Crippen molar-refractivity contribution < 1.29 is 8.83 Å². The average molecular weight is 896 g/mol. The highest BCUT2D eigenvalue weighted by atomic mass is 16.3. The summed E-state index contributed by atoms with van der Waals surface area (Å²) in [4.78, 5) is 15.6. The minimum absolute atomic E-state index is 0.555. The van der Waals surface area contributed by atoms with E-state index in [9.17, 15) is 0 Å². The highest BCUT2D eigenvalue weighted by Gasteiger charge is 2.26. The molecule has 7 nitrogen and oxygen atoms in total. The molecule has 7 heteroatoms. The fourth-order valence-electron chi connectivity index (χ4n) is 10.9. The first-order chi connectivity index (χ1) is 34.7. The summed E-state index contributed by atoms with van der Waals surface area (Å²) in [6.45, 7) is 0. The number of hydrogen-bond acceptors (Lipinski definition) is 5. The molecule has 0 aliphatic carbocycles. The minimum Gasteiger partial charge on any atom is -0.456 e. The maximum absolute atomic E-state index is 7.53. The standard InChI is InChI=1S/C63H37N5O2/c1-4-17-38(18-5-1)61-64-62(39-19-6-2-7-20-39)66-63(65-61)49-35-32-42(40-31-36-55-50(37-40)45-25-12-15-30-54(45)69-55)60-56(49)48-26-16-29-53(59(48)70-60)68-52-28-14-11-24-44(52)47-34-33-46-43-23-10-13-27-51(43)67(57(46)58(47)68)41-21-8-3-9-22-41/h1-37H. The fraction of sp³-hybridized carbons (Fsp3) is 0. The number of rotatable bonds is 6. The third-order valence-corrected chi connectivity index (χ3v) is 14.0. The molecule has 5 heterocycles. The molecule has 0 saturated heterocycles. The summed E-state index contributed by atoms with van der Waals surface area (Å²) in [7, 11) is 0. The van der Waals surface area contributed by atoms with Gasteiger partial charge in [0.15, 0.2) is 23.1 Å². The molecule has 0 aliphatic heterocycles. The van der Waals surface area contributed by atoms with Gasteiger partial charge in [-0.05, 0) is 66.2 Å². The van der Waals surface area contributed by atoms with E-state index >= 15 is 0 Å². The zero-order valence-corrected chi connectivity index (χ0v) is 37.4. The predicted molar refractivity (Wildman–Crippen MR) is 285 cm³/mol. The van der Waals surface area contributed by atoms with Crippen LogP contribution in [-0.4, -0.2) is 24.1 Å². The minimum atomic E-state index is 0.555. The van der Waals surface area contributed by atoms with Crippen LogP contribution in [0.25, 0.3) is 144 Å². The van der Waals surface area contributed by atoms with E-state index in [4.69, 9.17) is 23.8 Å². The van der Waals surface area contributed by atoms with Gasteiger partial charge >= 0.3 is 0 Å². The van der Waals surface area contributed by atoms with Gasteiger partial charge in [-0.15, -0.1) is 0 Å². The number of benzene rings is 10. The summed E-state index contributed by atoms with van der Waals surface area (Å²) < 4.78 is 18.7. The Morgan fingerprint density at radius 2 is 0.857 bits per heavy atom. The van der Waals surface area contributed by atoms with E-state index in [1.165, 1.54) is 10.8 Å². The molecular formula is C63H37N5O2. The zero-order valence-electron chi connectivity index (χ0n) is 37.4. The summed E-state index contributed by atoms with van der Waals surface area (Å²) in [5.41, 5.74) is 14.3. The molecular weight excluding hydrogens is 859 g/mol. The number of hydrogen-bond donors (Lipinski definition) is 0. The molecule has 0 radical (unpaired) electrons. The molecule has 0 aliphatic rings. The molecule has 10 aromatic carbocycles. The Balaban J connectivity index is 1.07. The van der Waals surface area contributed by atoms with Gasteiger partial charge in [-0.2, -0.15) is 0 Å². The van der Waals surface area contributed by atoms with Crippen LogP contribution in [0.5, 0.6) is 0 Å². The molecule has 0 saturated carbocycles. The van der Waals surface area contributed by atoms with Crippen LogP contribution in [0.15, 0.2) is 233 Å². The van der Waals surface area contributed by atoms with E-state index in [-0.39, 0.29) is 0 Å². The molecule has 15 rings (SSSR count). The number of fused-ring (bicyclic) bond motifs is 13. The van der Waals surface area contributed by atoms with Gasteiger partial charge in [0.1, 0.15) is 16.7 Å². The van der Waals surface area contributed by atoms with E-state index < -0.39 is 0 Å². The van der Waals surface area contributed by atoms with Gasteiger partial charge in [0.05, 0.1) is 27.8 Å². The van der Waals surface area contributed by atoms with Crippen molar-refractivity contribution in [2.45, 2.75) is 0 Å². The Morgan fingerprint density at radius 1 is 0.314 bits per heavy atom. The first kappa shape index (κ1) is 38.5. The lowest BCUT2D eigenvalue weighted by Crippen LogP contribution is -2.00. The maximum Gasteiger partial charge on any atom is 0.164 e. The van der Waals surface area contributed by atoms with Crippen molar-refractivity contribution in [1.82, 2.24) is 24.1 Å². The Morgan fingerprint density at radius 3 is 1.56 bits per heavy atom. The number of nitrogens with zero attached hydrogens (tertiary/aromatic N) is 5. The molecule has 0 fully saturated rings. The van der Waals surface area contributed by atoms with Crippen LogP contribution in [0, 0.1) is 0 Å². The molecule has 5 aromatic heterocycles. The molecule has 0 unspecified atom stereocenters. The molecule has 0 amide bonds. The van der Waals surface area contributed by atoms with E-state index in [2.05, 4.69) is 161 Å². The highest BCUT2D eigenvalue weighted by molar-refractivity contribution is 6.25. The van der Waals surface area contributed by atoms with Gasteiger partial charge in [-0.1, -0.05) is 164 Å². The van der Waals surface area contributed by atoms with Crippen LogP contribution in [0.2, 0.25) is 0 Å². The third-order valence-electron chi connectivity index (χ3n) is 14.0. The summed E-state index contributed by atoms with van der Waals surface area (Å²) in [6.07, 6.45) is 0. The van der Waals surface area contributed by atoms with Crippen LogP contribution in [0.3, 0.4) is 0 Å². The van der Waals surface area contributed by atoms with Crippen LogP contribution >= 0.6 is 0 Å². The van der Waals surface area contributed by atoms with Crippen molar-refractivity contribution in [3.8, 4) is 56.7 Å². The molecule has 70 heavy (non-hydrogen) atoms. The average Bonchev–Trinajstić information content (AvgIpc) is 4.19. The van der Waals surface area contributed by atoms with Gasteiger partial charge in [0, 0.05) is 71.0 Å². The van der Waals surface area contributed by atoms with Crippen molar-refractivity contribution in [2.75, 3.05) is 0 Å². The van der Waals surface area contributed by atoms with Crippen LogP contribution in [0.1, 0.15) is 0 Å². The number of para-hydroxylation sites is 5. The lowest BCUT2D eigenvalue weighted by molar-refractivity contribution is 0.667. The fourth-order valence-corrected chi connectivity index (χ4v) is 10.9. The lowest BCUT2D eigenvalue weighted by Gasteiger charge is -2.13. The van der Waals surface area contributed by atoms with Crippen LogP contribution < -0.4 is 0 Å². The van der Waals surface area contributed by atoms with Gasteiger partial charge in [0.2, 0.25) is 0 Å². The first-order valence-electron chi connectivity index (χ1n) is 23.5. The zero-order chi connectivity index (χ0) is 45.9. The van der Waals surface area contributed by atoms with E-state index in [1.54, 1.807) is 0 Å². The molecule has 326 valence electrons. The quantitative estimate of drug-likeness (QED) is 0.166. The Kier molecular flexibility index (Phi) is 8.23. The monoisotopic (exact) mass is 895 g/mol. The summed E-state index contributed by atoms with van der Waals surface area (Å²) in [6, 6.07) is 78.4. The summed E-state index contributed by atoms with van der Waals surface area (Å²) in [5, 5.41) is 8.67. The van der Waals surface area contributed by atoms with Gasteiger partial charge in [0.25, 0.3) is 0 Å².